The van der Waals surface area contributed by atoms with Gasteiger partial charge in [-0.3, -0.25) is 0 Å². The number of halogens is 2. The van der Waals surface area contributed by atoms with Gasteiger partial charge in [-0.2, -0.15) is 0 Å². The molecule has 0 radical (unpaired) electrons. The topological polar surface area (TPSA) is 37.8 Å². The molecule has 0 aliphatic heterocycles. The van der Waals surface area contributed by atoms with Gasteiger partial charge in [-0.25, -0.2) is 14.4 Å². The summed E-state index contributed by atoms with van der Waals surface area (Å²) in [5.41, 5.74) is 1.80. The minimum Gasteiger partial charge on any atom is -0.307 e. The van der Waals surface area contributed by atoms with Gasteiger partial charge < -0.3 is 5.32 Å². The molecule has 0 saturated carbocycles. The van der Waals surface area contributed by atoms with Crippen LogP contribution in [0, 0.1) is 5.82 Å². The van der Waals surface area contributed by atoms with Crippen LogP contribution in [-0.4, -0.2) is 9.97 Å². The van der Waals surface area contributed by atoms with E-state index in [1.165, 1.54) is 12.4 Å². The number of hydrogen-bond donors (Lipinski definition) is 1. The van der Waals surface area contributed by atoms with Gasteiger partial charge >= 0.3 is 0 Å². The number of aromatic nitrogens is 2. The van der Waals surface area contributed by atoms with Crippen molar-refractivity contribution in [3.63, 3.8) is 0 Å². The zero-order valence-electron chi connectivity index (χ0n) is 9.03. The Balaban J connectivity index is 1.93. The monoisotopic (exact) mass is 295 g/mol. The summed E-state index contributed by atoms with van der Waals surface area (Å²) in [5, 5.41) is 3.20. The van der Waals surface area contributed by atoms with E-state index in [2.05, 4.69) is 31.2 Å². The van der Waals surface area contributed by atoms with Crippen molar-refractivity contribution in [2.24, 2.45) is 0 Å². The first-order chi connectivity index (χ1) is 8.27. The van der Waals surface area contributed by atoms with E-state index >= 15 is 0 Å². The molecule has 1 heterocycles. The maximum atomic E-state index is 13.2. The van der Waals surface area contributed by atoms with E-state index in [0.717, 1.165) is 11.3 Å². The fourth-order valence-corrected chi connectivity index (χ4v) is 1.84. The van der Waals surface area contributed by atoms with Crippen molar-refractivity contribution in [1.82, 2.24) is 15.3 Å². The Hall–Kier alpha value is -1.33. The Labute approximate surface area is 107 Å². The molecule has 0 amide bonds. The molecule has 88 valence electrons. The van der Waals surface area contributed by atoms with Crippen LogP contribution in [0.1, 0.15) is 11.3 Å². The summed E-state index contributed by atoms with van der Waals surface area (Å²) in [6.07, 6.45) is 3.21. The van der Waals surface area contributed by atoms with Crippen LogP contribution in [0.3, 0.4) is 0 Å². The average Bonchev–Trinajstić information content (AvgIpc) is 2.36. The second kappa shape index (κ2) is 5.84. The van der Waals surface area contributed by atoms with Gasteiger partial charge in [-0.15, -0.1) is 0 Å². The smallest absolute Gasteiger partial charge is 0.137 e. The van der Waals surface area contributed by atoms with Crippen molar-refractivity contribution in [1.29, 1.82) is 0 Å². The SMILES string of the molecule is Fc1cccc(CNCc2ccncn2)c1Br. The molecule has 0 bridgehead atoms. The Morgan fingerprint density at radius 1 is 1.24 bits per heavy atom. The summed E-state index contributed by atoms with van der Waals surface area (Å²) < 4.78 is 13.7. The lowest BCUT2D eigenvalue weighted by atomic mass is 10.2. The Kier molecular flexibility index (Phi) is 4.17. The predicted octanol–water partition coefficient (Wildman–Crippen LogP) is 2.67. The first kappa shape index (κ1) is 12.1. The van der Waals surface area contributed by atoms with Crippen LogP contribution in [0.2, 0.25) is 0 Å². The standard InChI is InChI=1S/C12H11BrFN3/c13-12-9(2-1-3-11(12)14)6-16-7-10-4-5-15-8-17-10/h1-5,8,16H,6-7H2. The molecule has 0 saturated heterocycles. The van der Waals surface area contributed by atoms with Gasteiger partial charge in [-0.05, 0) is 33.6 Å². The second-order valence-electron chi connectivity index (χ2n) is 3.52. The lowest BCUT2D eigenvalue weighted by molar-refractivity contribution is 0.611. The largest absolute Gasteiger partial charge is 0.307 e. The number of nitrogens with one attached hydrogen (secondary N) is 1. The van der Waals surface area contributed by atoms with E-state index in [1.54, 1.807) is 12.3 Å². The average molecular weight is 296 g/mol. The fraction of sp³-hybridized carbons (Fsp3) is 0.167. The van der Waals surface area contributed by atoms with Crippen LogP contribution in [-0.2, 0) is 13.1 Å². The molecule has 3 nitrogen and oxygen atoms in total. The molecule has 0 aliphatic rings. The van der Waals surface area contributed by atoms with Crippen LogP contribution in [0.25, 0.3) is 0 Å². The van der Waals surface area contributed by atoms with Crippen LogP contribution in [0.4, 0.5) is 4.39 Å². The van der Waals surface area contributed by atoms with Gasteiger partial charge in [0.1, 0.15) is 12.1 Å². The summed E-state index contributed by atoms with van der Waals surface area (Å²) in [7, 11) is 0. The number of rotatable bonds is 4. The van der Waals surface area contributed by atoms with E-state index in [4.69, 9.17) is 0 Å². The van der Waals surface area contributed by atoms with Crippen LogP contribution in [0.5, 0.6) is 0 Å². The lowest BCUT2D eigenvalue weighted by Gasteiger charge is -2.06. The van der Waals surface area contributed by atoms with Gasteiger partial charge in [-0.1, -0.05) is 12.1 Å². The molecule has 2 rings (SSSR count). The van der Waals surface area contributed by atoms with Gasteiger partial charge in [0.15, 0.2) is 0 Å². The third kappa shape index (κ3) is 3.31. The third-order valence-corrected chi connectivity index (χ3v) is 3.18. The Morgan fingerprint density at radius 2 is 2.12 bits per heavy atom. The highest BCUT2D eigenvalue weighted by molar-refractivity contribution is 9.10. The fourth-order valence-electron chi connectivity index (χ4n) is 1.43. The van der Waals surface area contributed by atoms with Crippen molar-refractivity contribution in [2.75, 3.05) is 0 Å². The van der Waals surface area contributed by atoms with E-state index < -0.39 is 0 Å². The van der Waals surface area contributed by atoms with Crippen molar-refractivity contribution in [2.45, 2.75) is 13.1 Å². The highest BCUT2D eigenvalue weighted by Gasteiger charge is 2.04. The minimum atomic E-state index is -0.244. The molecular formula is C12H11BrFN3. The summed E-state index contributed by atoms with van der Waals surface area (Å²) in [6.45, 7) is 1.22. The van der Waals surface area contributed by atoms with Gasteiger partial charge in [0.2, 0.25) is 0 Å². The molecule has 0 fully saturated rings. The molecule has 1 aromatic heterocycles. The molecular weight excluding hydrogens is 285 g/mol. The van der Waals surface area contributed by atoms with Crippen molar-refractivity contribution >= 4 is 15.9 Å². The molecule has 1 aromatic carbocycles. The normalized spacial score (nSPS) is 10.5. The predicted molar refractivity (Wildman–Crippen MR) is 66.7 cm³/mol. The number of nitrogens with zero attached hydrogens (tertiary/aromatic N) is 2. The second-order valence-corrected chi connectivity index (χ2v) is 4.31. The summed E-state index contributed by atoms with van der Waals surface area (Å²) in [4.78, 5) is 7.93. The summed E-state index contributed by atoms with van der Waals surface area (Å²) >= 11 is 3.23. The van der Waals surface area contributed by atoms with Gasteiger partial charge in [0.05, 0.1) is 10.2 Å². The lowest BCUT2D eigenvalue weighted by Crippen LogP contribution is -2.14. The molecule has 0 unspecified atom stereocenters. The zero-order valence-corrected chi connectivity index (χ0v) is 10.6. The van der Waals surface area contributed by atoms with E-state index in [-0.39, 0.29) is 5.82 Å². The first-order valence-electron chi connectivity index (χ1n) is 5.16. The molecule has 2 aromatic rings. The summed E-state index contributed by atoms with van der Waals surface area (Å²) in [6, 6.07) is 6.84. The van der Waals surface area contributed by atoms with E-state index in [9.17, 15) is 4.39 Å². The molecule has 0 aliphatic carbocycles. The zero-order chi connectivity index (χ0) is 12.1. The molecule has 17 heavy (non-hydrogen) atoms. The summed E-state index contributed by atoms with van der Waals surface area (Å²) in [5.74, 6) is -0.244. The molecule has 0 spiro atoms. The maximum absolute atomic E-state index is 13.2. The minimum absolute atomic E-state index is 0.244. The number of hydrogen-bond acceptors (Lipinski definition) is 3. The van der Waals surface area contributed by atoms with Crippen LogP contribution in [0.15, 0.2) is 41.3 Å². The highest BCUT2D eigenvalue weighted by atomic mass is 79.9. The first-order valence-corrected chi connectivity index (χ1v) is 5.95. The van der Waals surface area contributed by atoms with Crippen molar-refractivity contribution in [3.8, 4) is 0 Å². The van der Waals surface area contributed by atoms with Crippen molar-refractivity contribution in [3.05, 3.63) is 58.3 Å². The van der Waals surface area contributed by atoms with Crippen LogP contribution >= 0.6 is 15.9 Å². The van der Waals surface area contributed by atoms with E-state index in [0.29, 0.717) is 17.6 Å². The van der Waals surface area contributed by atoms with Crippen molar-refractivity contribution < 1.29 is 4.39 Å². The maximum Gasteiger partial charge on any atom is 0.137 e. The highest BCUT2D eigenvalue weighted by Crippen LogP contribution is 2.20. The molecule has 0 atom stereocenters. The van der Waals surface area contributed by atoms with Gasteiger partial charge in [0.25, 0.3) is 0 Å². The number of benzene rings is 1. The third-order valence-electron chi connectivity index (χ3n) is 2.30. The molecule has 1 N–H and O–H groups in total. The van der Waals surface area contributed by atoms with Gasteiger partial charge in [0, 0.05) is 19.3 Å². The Morgan fingerprint density at radius 3 is 2.88 bits per heavy atom. The quantitative estimate of drug-likeness (QED) is 0.942. The Bertz CT molecular complexity index is 490. The van der Waals surface area contributed by atoms with Crippen LogP contribution < -0.4 is 5.32 Å². The van der Waals surface area contributed by atoms with E-state index in [1.807, 2.05) is 12.1 Å². The molecule has 5 heteroatoms.